The Morgan fingerprint density at radius 2 is 1.97 bits per heavy atom. The zero-order valence-electron chi connectivity index (χ0n) is 17.9. The third-order valence-electron chi connectivity index (χ3n) is 5.10. The second kappa shape index (κ2) is 13.7. The van der Waals surface area contributed by atoms with Crippen LogP contribution in [-0.4, -0.2) is 89.5 Å². The molecular formula is C22H35NO8. The van der Waals surface area contributed by atoms with E-state index in [4.69, 9.17) is 19.3 Å². The second-order valence-corrected chi connectivity index (χ2v) is 7.70. The summed E-state index contributed by atoms with van der Waals surface area (Å²) >= 11 is 0. The minimum atomic E-state index is -1.32. The number of hydrogen-bond donors (Lipinski definition) is 5. The highest BCUT2D eigenvalue weighted by Gasteiger charge is 2.45. The highest BCUT2D eigenvalue weighted by molar-refractivity contribution is 5.76. The standard InChI is InChI=1S/C22H35NO8/c1-2-3-9-18(26)23-19-21(28)20(27)17(14-29-13-16(25)12-24)31-22(19)30-11-10-15-7-5-4-6-8-15/h4-8,16-17,19-22,24-25,27-28H,2-3,9-14H2,1H3,(H,23,26)/t16?,17-,19-,20-,21-,22+/m1/s1. The van der Waals surface area contributed by atoms with Crippen LogP contribution in [0.25, 0.3) is 0 Å². The zero-order chi connectivity index (χ0) is 22.6. The quantitative estimate of drug-likeness (QED) is 0.282. The molecule has 0 aromatic heterocycles. The van der Waals surface area contributed by atoms with Crippen molar-refractivity contribution in [2.75, 3.05) is 26.4 Å². The van der Waals surface area contributed by atoms with E-state index in [2.05, 4.69) is 5.32 Å². The predicted molar refractivity (Wildman–Crippen MR) is 112 cm³/mol. The number of unbranched alkanes of at least 4 members (excludes halogenated alkanes) is 1. The number of carbonyl (C=O) groups excluding carboxylic acids is 1. The van der Waals surface area contributed by atoms with Gasteiger partial charge in [-0.15, -0.1) is 0 Å². The Balaban J connectivity index is 2.00. The molecule has 1 aliphatic rings. The van der Waals surface area contributed by atoms with Crippen molar-refractivity contribution in [2.24, 2.45) is 0 Å². The molecular weight excluding hydrogens is 406 g/mol. The van der Waals surface area contributed by atoms with Crippen LogP contribution in [0.4, 0.5) is 0 Å². The van der Waals surface area contributed by atoms with E-state index < -0.39 is 43.4 Å². The van der Waals surface area contributed by atoms with E-state index >= 15 is 0 Å². The SMILES string of the molecule is CCCCC(=O)N[C@H]1[C@@H](OCCc2ccccc2)O[C@H](COCC(O)CO)[C@@H](O)[C@@H]1O. The van der Waals surface area contributed by atoms with Crippen molar-refractivity contribution in [1.29, 1.82) is 0 Å². The number of aliphatic hydroxyl groups excluding tert-OH is 4. The molecule has 1 aromatic carbocycles. The highest BCUT2D eigenvalue weighted by atomic mass is 16.7. The maximum absolute atomic E-state index is 12.2. The molecule has 0 spiro atoms. The Bertz CT molecular complexity index is 631. The van der Waals surface area contributed by atoms with Crippen molar-refractivity contribution >= 4 is 5.91 Å². The lowest BCUT2D eigenvalue weighted by Crippen LogP contribution is -2.65. The molecule has 1 saturated heterocycles. The number of benzene rings is 1. The van der Waals surface area contributed by atoms with Gasteiger partial charge < -0.3 is 40.0 Å². The van der Waals surface area contributed by atoms with Gasteiger partial charge in [0.2, 0.25) is 5.91 Å². The van der Waals surface area contributed by atoms with Crippen LogP contribution in [0.2, 0.25) is 0 Å². The third-order valence-corrected chi connectivity index (χ3v) is 5.10. The summed E-state index contributed by atoms with van der Waals surface area (Å²) in [7, 11) is 0. The number of hydrogen-bond acceptors (Lipinski definition) is 8. The Morgan fingerprint density at radius 3 is 2.65 bits per heavy atom. The summed E-state index contributed by atoms with van der Waals surface area (Å²) in [4.78, 5) is 12.2. The molecule has 6 atom stereocenters. The van der Waals surface area contributed by atoms with Gasteiger partial charge in [0.25, 0.3) is 0 Å². The third kappa shape index (κ3) is 8.46. The smallest absolute Gasteiger partial charge is 0.220 e. The topological polar surface area (TPSA) is 138 Å². The van der Waals surface area contributed by atoms with Crippen LogP contribution in [0.5, 0.6) is 0 Å². The van der Waals surface area contributed by atoms with Gasteiger partial charge in [0.15, 0.2) is 6.29 Å². The molecule has 2 rings (SSSR count). The van der Waals surface area contributed by atoms with E-state index in [1.54, 1.807) is 0 Å². The number of nitrogens with one attached hydrogen (secondary N) is 1. The predicted octanol–water partition coefficient (Wildman–Crippen LogP) is -0.263. The van der Waals surface area contributed by atoms with Crippen molar-refractivity contribution < 1.29 is 39.4 Å². The highest BCUT2D eigenvalue weighted by Crippen LogP contribution is 2.23. The Hall–Kier alpha value is -1.59. The van der Waals surface area contributed by atoms with Gasteiger partial charge in [0, 0.05) is 6.42 Å². The van der Waals surface area contributed by atoms with Crippen molar-refractivity contribution in [1.82, 2.24) is 5.32 Å². The van der Waals surface area contributed by atoms with Crippen LogP contribution in [0.1, 0.15) is 31.7 Å². The molecule has 9 heteroatoms. The molecule has 1 amide bonds. The maximum atomic E-state index is 12.2. The molecule has 31 heavy (non-hydrogen) atoms. The number of carbonyl (C=O) groups is 1. The second-order valence-electron chi connectivity index (χ2n) is 7.70. The normalized spacial score (nSPS) is 27.1. The van der Waals surface area contributed by atoms with Gasteiger partial charge in [-0.2, -0.15) is 0 Å². The first-order valence-corrected chi connectivity index (χ1v) is 10.8. The minimum absolute atomic E-state index is 0.121. The maximum Gasteiger partial charge on any atom is 0.220 e. The Morgan fingerprint density at radius 1 is 1.23 bits per heavy atom. The van der Waals surface area contributed by atoms with E-state index in [1.165, 1.54) is 0 Å². The summed E-state index contributed by atoms with van der Waals surface area (Å²) in [6.45, 7) is 1.55. The van der Waals surface area contributed by atoms with E-state index in [9.17, 15) is 20.1 Å². The van der Waals surface area contributed by atoms with Gasteiger partial charge in [-0.05, 0) is 18.4 Å². The molecule has 0 bridgehead atoms. The Kier molecular flexibility index (Phi) is 11.4. The number of aliphatic hydroxyl groups is 4. The summed E-state index contributed by atoms with van der Waals surface area (Å²) in [6, 6.07) is 8.78. The Labute approximate surface area is 182 Å². The van der Waals surface area contributed by atoms with Crippen molar-refractivity contribution in [3.63, 3.8) is 0 Å². The molecule has 5 N–H and O–H groups in total. The molecule has 9 nitrogen and oxygen atoms in total. The number of ether oxygens (including phenoxy) is 3. The molecule has 0 saturated carbocycles. The van der Waals surface area contributed by atoms with E-state index in [1.807, 2.05) is 37.3 Å². The van der Waals surface area contributed by atoms with E-state index in [0.29, 0.717) is 19.3 Å². The lowest BCUT2D eigenvalue weighted by Gasteiger charge is -2.42. The molecule has 1 unspecified atom stereocenters. The largest absolute Gasteiger partial charge is 0.394 e. The van der Waals surface area contributed by atoms with Crippen LogP contribution in [0, 0.1) is 0 Å². The van der Waals surface area contributed by atoms with Gasteiger partial charge >= 0.3 is 0 Å². The number of rotatable bonds is 13. The average Bonchev–Trinajstić information content (AvgIpc) is 2.78. The summed E-state index contributed by atoms with van der Waals surface area (Å²) in [5.41, 5.74) is 1.07. The molecule has 1 aromatic rings. The van der Waals surface area contributed by atoms with Gasteiger partial charge in [-0.1, -0.05) is 43.7 Å². The summed E-state index contributed by atoms with van der Waals surface area (Å²) in [6.07, 6.45) is -3.12. The van der Waals surface area contributed by atoms with Gasteiger partial charge in [-0.25, -0.2) is 0 Å². The lowest BCUT2D eigenvalue weighted by molar-refractivity contribution is -0.273. The van der Waals surface area contributed by atoms with Crippen LogP contribution in [-0.2, 0) is 25.4 Å². The van der Waals surface area contributed by atoms with E-state index in [0.717, 1.165) is 12.0 Å². The first-order chi connectivity index (χ1) is 15.0. The molecule has 0 aliphatic carbocycles. The number of amides is 1. The van der Waals surface area contributed by atoms with Crippen LogP contribution >= 0.6 is 0 Å². The van der Waals surface area contributed by atoms with E-state index in [-0.39, 0.29) is 25.7 Å². The van der Waals surface area contributed by atoms with Gasteiger partial charge in [0.05, 0.1) is 26.4 Å². The minimum Gasteiger partial charge on any atom is -0.394 e. The lowest BCUT2D eigenvalue weighted by atomic mass is 9.96. The first kappa shape index (κ1) is 25.7. The first-order valence-electron chi connectivity index (χ1n) is 10.8. The van der Waals surface area contributed by atoms with Gasteiger partial charge in [-0.3, -0.25) is 4.79 Å². The van der Waals surface area contributed by atoms with Crippen molar-refractivity contribution in [3.05, 3.63) is 35.9 Å². The fourth-order valence-corrected chi connectivity index (χ4v) is 3.27. The fourth-order valence-electron chi connectivity index (χ4n) is 3.27. The molecule has 1 aliphatic heterocycles. The monoisotopic (exact) mass is 441 g/mol. The summed E-state index contributed by atoms with van der Waals surface area (Å²) in [5, 5.41) is 42.1. The summed E-state index contributed by atoms with van der Waals surface area (Å²) in [5.74, 6) is -0.251. The average molecular weight is 442 g/mol. The molecule has 1 heterocycles. The van der Waals surface area contributed by atoms with Crippen LogP contribution in [0.3, 0.4) is 0 Å². The van der Waals surface area contributed by atoms with Crippen molar-refractivity contribution in [2.45, 2.75) is 69.4 Å². The molecule has 1 fully saturated rings. The molecule has 0 radical (unpaired) electrons. The fraction of sp³-hybridized carbons (Fsp3) is 0.682. The molecule has 176 valence electrons. The van der Waals surface area contributed by atoms with Crippen molar-refractivity contribution in [3.8, 4) is 0 Å². The van der Waals surface area contributed by atoms with Crippen LogP contribution in [0.15, 0.2) is 30.3 Å². The van der Waals surface area contributed by atoms with Crippen LogP contribution < -0.4 is 5.32 Å². The van der Waals surface area contributed by atoms with Gasteiger partial charge in [0.1, 0.15) is 30.5 Å². The zero-order valence-corrected chi connectivity index (χ0v) is 17.9. The summed E-state index contributed by atoms with van der Waals surface area (Å²) < 4.78 is 17.0.